The highest BCUT2D eigenvalue weighted by Gasteiger charge is 2.97. The van der Waals surface area contributed by atoms with Crippen molar-refractivity contribution >= 4 is 0 Å². The van der Waals surface area contributed by atoms with E-state index in [0.717, 1.165) is 11.1 Å². The van der Waals surface area contributed by atoms with Crippen LogP contribution in [0.2, 0.25) is 0 Å². The smallest absolute Gasteiger partial charge is 0.347 e. The molecule has 156 valence electrons. The van der Waals surface area contributed by atoms with Gasteiger partial charge in [0.2, 0.25) is 0 Å². The lowest BCUT2D eigenvalue weighted by molar-refractivity contribution is -0.0312. The quantitative estimate of drug-likeness (QED) is 0.645. The third-order valence-electron chi connectivity index (χ3n) is 9.25. The van der Waals surface area contributed by atoms with Crippen LogP contribution >= 0.6 is 0 Å². The number of hydrogen-bond acceptors (Lipinski definition) is 3. The van der Waals surface area contributed by atoms with Crippen LogP contribution in [0.1, 0.15) is 29.3 Å². The van der Waals surface area contributed by atoms with Crippen molar-refractivity contribution in [2.75, 3.05) is 6.61 Å². The van der Waals surface area contributed by atoms with Gasteiger partial charge in [-0.1, -0.05) is 60.7 Å². The molecule has 2 bridgehead atoms. The standard InChI is InChI=1S/C25H23N3O3/c1-26-23(29)27-20-16-15-17(16)22(28(27)24(26)30)25(18(15)19(20)25)12-31-21(13-8-4-2-5-9-13)14-10-6-3-7-11-14/h2-11,15-22H,12H2,1H3. The summed E-state index contributed by atoms with van der Waals surface area (Å²) in [6.45, 7) is 0.646. The Labute approximate surface area is 178 Å². The van der Waals surface area contributed by atoms with Gasteiger partial charge in [-0.15, -0.1) is 0 Å². The maximum Gasteiger partial charge on any atom is 0.347 e. The summed E-state index contributed by atoms with van der Waals surface area (Å²) in [6.07, 6.45) is -0.126. The zero-order valence-electron chi connectivity index (χ0n) is 17.2. The molecule has 8 unspecified atom stereocenters. The van der Waals surface area contributed by atoms with E-state index in [9.17, 15) is 9.59 Å². The molecule has 0 amide bonds. The van der Waals surface area contributed by atoms with E-state index in [4.69, 9.17) is 4.74 Å². The first kappa shape index (κ1) is 16.8. The molecule has 31 heavy (non-hydrogen) atoms. The van der Waals surface area contributed by atoms with Crippen LogP contribution in [-0.2, 0) is 11.8 Å². The van der Waals surface area contributed by atoms with Crippen molar-refractivity contribution in [3.8, 4) is 0 Å². The van der Waals surface area contributed by atoms with Gasteiger partial charge in [0.15, 0.2) is 0 Å². The van der Waals surface area contributed by atoms with Crippen LogP contribution in [0.4, 0.5) is 0 Å². The van der Waals surface area contributed by atoms with Gasteiger partial charge in [0, 0.05) is 12.5 Å². The van der Waals surface area contributed by atoms with Crippen molar-refractivity contribution in [3.05, 3.63) is 92.8 Å². The molecular formula is C25H23N3O3. The molecule has 2 aliphatic heterocycles. The first-order valence-corrected chi connectivity index (χ1v) is 11.3. The van der Waals surface area contributed by atoms with E-state index in [1.807, 2.05) is 21.5 Å². The molecule has 9 rings (SSSR count). The Bertz CT molecular complexity index is 1320. The van der Waals surface area contributed by atoms with Crippen LogP contribution in [0, 0.1) is 35.0 Å². The highest BCUT2D eigenvalue weighted by Crippen LogP contribution is 2.97. The Hall–Kier alpha value is -2.86. The third-order valence-corrected chi connectivity index (χ3v) is 9.25. The van der Waals surface area contributed by atoms with Crippen LogP contribution < -0.4 is 11.4 Å². The summed E-state index contributed by atoms with van der Waals surface area (Å²) in [6, 6.07) is 21.1. The van der Waals surface area contributed by atoms with E-state index < -0.39 is 0 Å². The fourth-order valence-corrected chi connectivity index (χ4v) is 8.33. The Morgan fingerprint density at radius 2 is 1.45 bits per heavy atom. The molecule has 6 aliphatic rings. The minimum Gasteiger partial charge on any atom is -0.368 e. The minimum atomic E-state index is -0.155. The molecule has 6 nitrogen and oxygen atoms in total. The van der Waals surface area contributed by atoms with Crippen molar-refractivity contribution in [3.63, 3.8) is 0 Å². The van der Waals surface area contributed by atoms with Crippen LogP contribution in [0.5, 0.6) is 0 Å². The Kier molecular flexibility index (Phi) is 2.78. The third kappa shape index (κ3) is 1.68. The van der Waals surface area contributed by atoms with E-state index in [-0.39, 0.29) is 35.0 Å². The Balaban J connectivity index is 1.19. The molecule has 0 spiro atoms. The monoisotopic (exact) mass is 413 g/mol. The highest BCUT2D eigenvalue weighted by atomic mass is 16.5. The number of rotatable bonds is 5. The number of ether oxygens (including phenoxy) is 1. The lowest BCUT2D eigenvalue weighted by Crippen LogP contribution is -2.50. The SMILES string of the molecule is Cn1c(=O)n2n(c1=O)C1C3C4C3C3C(C42)C31COC(c1ccccc1)c1ccccc1. The number of benzene rings is 2. The normalized spacial score (nSPS) is 39.1. The summed E-state index contributed by atoms with van der Waals surface area (Å²) < 4.78 is 11.7. The predicted octanol–water partition coefficient (Wildman–Crippen LogP) is 2.37. The van der Waals surface area contributed by atoms with Gasteiger partial charge in [0.05, 0.1) is 18.7 Å². The summed E-state index contributed by atoms with van der Waals surface area (Å²) >= 11 is 0. The van der Waals surface area contributed by atoms with Gasteiger partial charge in [-0.05, 0) is 40.7 Å². The van der Waals surface area contributed by atoms with Crippen molar-refractivity contribution in [2.24, 2.45) is 42.1 Å². The van der Waals surface area contributed by atoms with Gasteiger partial charge in [0.1, 0.15) is 6.10 Å². The van der Waals surface area contributed by atoms with E-state index in [2.05, 4.69) is 48.5 Å². The van der Waals surface area contributed by atoms with Gasteiger partial charge in [0.25, 0.3) is 0 Å². The number of nitrogens with zero attached hydrogens (tertiary/aromatic N) is 3. The van der Waals surface area contributed by atoms with E-state index in [1.54, 1.807) is 7.05 Å². The molecule has 0 radical (unpaired) electrons. The molecule has 3 aromatic rings. The van der Waals surface area contributed by atoms with Crippen molar-refractivity contribution < 1.29 is 4.74 Å². The molecule has 6 heteroatoms. The average Bonchev–Trinajstić information content (AvgIpc) is 3.61. The first-order valence-electron chi connectivity index (χ1n) is 11.3. The fraction of sp³-hybridized carbons (Fsp3) is 0.440. The molecule has 4 saturated carbocycles. The summed E-state index contributed by atoms with van der Waals surface area (Å²) in [5, 5.41) is 0. The maximum atomic E-state index is 12.9. The zero-order valence-corrected chi connectivity index (χ0v) is 17.2. The van der Waals surface area contributed by atoms with E-state index in [1.165, 1.54) is 4.57 Å². The molecule has 2 aromatic carbocycles. The summed E-state index contributed by atoms with van der Waals surface area (Å²) in [7, 11) is 1.61. The van der Waals surface area contributed by atoms with Crippen LogP contribution in [0.15, 0.2) is 70.3 Å². The number of aromatic nitrogens is 3. The van der Waals surface area contributed by atoms with Crippen LogP contribution in [-0.4, -0.2) is 20.5 Å². The molecule has 8 atom stereocenters. The molecule has 1 aromatic heterocycles. The first-order chi connectivity index (χ1) is 15.2. The topological polar surface area (TPSA) is 58.2 Å². The fourth-order valence-electron chi connectivity index (χ4n) is 8.33. The molecule has 0 N–H and O–H groups in total. The molecule has 4 aliphatic carbocycles. The van der Waals surface area contributed by atoms with Gasteiger partial charge in [-0.2, -0.15) is 0 Å². The largest absolute Gasteiger partial charge is 0.368 e. The lowest BCUT2D eigenvalue weighted by atomic mass is 9.79. The molecule has 4 fully saturated rings. The zero-order chi connectivity index (χ0) is 20.6. The molecule has 0 saturated heterocycles. The van der Waals surface area contributed by atoms with Crippen molar-refractivity contribution in [1.82, 2.24) is 13.9 Å². The Morgan fingerprint density at radius 1 is 0.839 bits per heavy atom. The van der Waals surface area contributed by atoms with E-state index >= 15 is 0 Å². The second kappa shape index (κ2) is 5.13. The lowest BCUT2D eigenvalue weighted by Gasteiger charge is -2.43. The van der Waals surface area contributed by atoms with Crippen molar-refractivity contribution in [2.45, 2.75) is 18.2 Å². The van der Waals surface area contributed by atoms with Crippen LogP contribution in [0.3, 0.4) is 0 Å². The maximum absolute atomic E-state index is 12.9. The summed E-state index contributed by atoms with van der Waals surface area (Å²) in [4.78, 5) is 25.7. The molecular weight excluding hydrogens is 390 g/mol. The van der Waals surface area contributed by atoms with Gasteiger partial charge < -0.3 is 4.74 Å². The average molecular weight is 413 g/mol. The van der Waals surface area contributed by atoms with Gasteiger partial charge >= 0.3 is 11.4 Å². The van der Waals surface area contributed by atoms with Crippen LogP contribution in [0.25, 0.3) is 0 Å². The highest BCUT2D eigenvalue weighted by molar-refractivity contribution is 5.43. The Morgan fingerprint density at radius 3 is 2.10 bits per heavy atom. The molecule has 3 heterocycles. The van der Waals surface area contributed by atoms with Gasteiger partial charge in [-0.25, -0.2) is 23.5 Å². The summed E-state index contributed by atoms with van der Waals surface area (Å²) in [5.41, 5.74) is 2.02. The minimum absolute atomic E-state index is 0.0220. The second-order valence-electron chi connectivity index (χ2n) is 10.2. The number of hydrogen-bond donors (Lipinski definition) is 0. The summed E-state index contributed by atoms with van der Waals surface area (Å²) in [5.74, 6) is 2.97. The van der Waals surface area contributed by atoms with Gasteiger partial charge in [-0.3, -0.25) is 0 Å². The predicted molar refractivity (Wildman–Crippen MR) is 113 cm³/mol. The second-order valence-corrected chi connectivity index (χ2v) is 10.2. The van der Waals surface area contributed by atoms with E-state index in [0.29, 0.717) is 36.2 Å². The van der Waals surface area contributed by atoms with Crippen molar-refractivity contribution in [1.29, 1.82) is 0 Å².